The molecule has 0 bridgehead atoms. The summed E-state index contributed by atoms with van der Waals surface area (Å²) in [6.07, 6.45) is 0. The summed E-state index contributed by atoms with van der Waals surface area (Å²) in [5.74, 6) is 0.894. The lowest BCUT2D eigenvalue weighted by atomic mass is 10.0. The first kappa shape index (κ1) is 8.18. The van der Waals surface area contributed by atoms with Gasteiger partial charge < -0.3 is 0 Å². The normalized spacial score (nSPS) is 16.8. The molecule has 0 radical (unpaired) electrons. The smallest absolute Gasteiger partial charge is 0.00884 e. The van der Waals surface area contributed by atoms with Crippen LogP contribution in [0, 0.1) is 11.8 Å². The summed E-state index contributed by atoms with van der Waals surface area (Å²) in [5.41, 5.74) is 0. The molecule has 0 N–H and O–H groups in total. The van der Waals surface area contributed by atoms with E-state index in [9.17, 15) is 0 Å². The second-order valence-corrected chi connectivity index (χ2v) is 2.53. The molecule has 0 spiro atoms. The van der Waals surface area contributed by atoms with Gasteiger partial charge in [-0.15, -0.1) is 0 Å². The average molecular weight is 146 g/mol. The summed E-state index contributed by atoms with van der Waals surface area (Å²) in [7, 11) is 0. The molecule has 2 heteroatoms. The van der Waals surface area contributed by atoms with E-state index in [1.165, 1.54) is 0 Å². The van der Waals surface area contributed by atoms with Gasteiger partial charge in [-0.3, -0.25) is 0 Å². The van der Waals surface area contributed by atoms with Crippen molar-refractivity contribution in [3.63, 3.8) is 0 Å². The minimum absolute atomic E-state index is 0.447. The summed E-state index contributed by atoms with van der Waals surface area (Å²) in [6.45, 7) is 4.14. The van der Waals surface area contributed by atoms with Gasteiger partial charge in [0.05, 0.1) is 0 Å². The summed E-state index contributed by atoms with van der Waals surface area (Å²) in [6, 6.07) is 0. The van der Waals surface area contributed by atoms with E-state index >= 15 is 0 Å². The van der Waals surface area contributed by atoms with E-state index < -0.39 is 0 Å². The lowest BCUT2D eigenvalue weighted by molar-refractivity contribution is 0.658. The Morgan fingerprint density at radius 2 is 1.25 bits per heavy atom. The molecule has 0 saturated heterocycles. The van der Waals surface area contributed by atoms with Crippen LogP contribution in [0.4, 0.5) is 0 Å². The summed E-state index contributed by atoms with van der Waals surface area (Å²) in [4.78, 5) is 0. The zero-order chi connectivity index (χ0) is 6.57. The second-order valence-electron chi connectivity index (χ2n) is 1.99. The topological polar surface area (TPSA) is 0 Å². The van der Waals surface area contributed by atoms with Gasteiger partial charge in [0.15, 0.2) is 0 Å². The fourth-order valence-corrected chi connectivity index (χ4v) is 0.744. The van der Waals surface area contributed by atoms with Crippen molar-refractivity contribution in [3.05, 3.63) is 0 Å². The van der Waals surface area contributed by atoms with Gasteiger partial charge in [-0.25, -0.2) is 0 Å². The molecule has 0 saturated carbocycles. The van der Waals surface area contributed by atoms with Crippen LogP contribution in [-0.2, 0) is 0 Å². The Labute approximate surface area is 61.3 Å². The van der Waals surface area contributed by atoms with Crippen LogP contribution in [0.3, 0.4) is 0 Å². The molecule has 0 aromatic carbocycles. The predicted octanol–water partition coefficient (Wildman–Crippen LogP) is 2.26. The van der Waals surface area contributed by atoms with Crippen LogP contribution in [-0.4, -0.2) is 10.7 Å². The van der Waals surface area contributed by atoms with Crippen molar-refractivity contribution in [2.75, 3.05) is 0 Å². The molecule has 8 heavy (non-hydrogen) atoms. The SMILES string of the molecule is CC(C=S)C(C)C=S. The molecule has 46 valence electrons. The van der Waals surface area contributed by atoms with Crippen LogP contribution in [0.1, 0.15) is 13.8 Å². The van der Waals surface area contributed by atoms with Gasteiger partial charge in [-0.2, -0.15) is 0 Å². The highest BCUT2D eigenvalue weighted by molar-refractivity contribution is 7.79. The number of hydrogen-bond donors (Lipinski definition) is 0. The molecular formula is C6H10S2. The molecule has 0 aromatic rings. The molecule has 0 fully saturated rings. The Hall–Kier alpha value is 0.180. The van der Waals surface area contributed by atoms with Crippen LogP contribution in [0.15, 0.2) is 0 Å². The van der Waals surface area contributed by atoms with Gasteiger partial charge in [-0.1, -0.05) is 38.3 Å². The van der Waals surface area contributed by atoms with Gasteiger partial charge in [0.2, 0.25) is 0 Å². The standard InChI is InChI=1S/C6H10S2/c1-5(3-7)6(2)4-8/h3-6H,1-2H3. The highest BCUT2D eigenvalue weighted by Crippen LogP contribution is 2.04. The van der Waals surface area contributed by atoms with Crippen molar-refractivity contribution in [1.82, 2.24) is 0 Å². The zero-order valence-corrected chi connectivity index (χ0v) is 6.76. The van der Waals surface area contributed by atoms with Crippen molar-refractivity contribution in [2.45, 2.75) is 13.8 Å². The highest BCUT2D eigenvalue weighted by Gasteiger charge is 2.03. The van der Waals surface area contributed by atoms with Gasteiger partial charge >= 0.3 is 0 Å². The largest absolute Gasteiger partial charge is 0.0932 e. The third-order valence-corrected chi connectivity index (χ3v) is 2.12. The lowest BCUT2D eigenvalue weighted by Gasteiger charge is -2.06. The molecule has 0 aromatic heterocycles. The van der Waals surface area contributed by atoms with Crippen LogP contribution < -0.4 is 0 Å². The number of thiocarbonyl (C=S) groups is 2. The predicted molar refractivity (Wildman–Crippen MR) is 45.6 cm³/mol. The maximum atomic E-state index is 4.73. The number of rotatable bonds is 3. The van der Waals surface area contributed by atoms with Crippen molar-refractivity contribution in [2.24, 2.45) is 11.8 Å². The highest BCUT2D eigenvalue weighted by atomic mass is 32.1. The molecule has 0 aliphatic rings. The Morgan fingerprint density at radius 3 is 1.38 bits per heavy atom. The van der Waals surface area contributed by atoms with E-state index in [1.807, 2.05) is 0 Å². The molecule has 0 amide bonds. The van der Waals surface area contributed by atoms with Crippen molar-refractivity contribution in [1.29, 1.82) is 0 Å². The Bertz CT molecular complexity index is 76.5. The quantitative estimate of drug-likeness (QED) is 0.560. The van der Waals surface area contributed by atoms with Crippen LogP contribution in [0.2, 0.25) is 0 Å². The molecule has 2 atom stereocenters. The van der Waals surface area contributed by atoms with E-state index in [0.717, 1.165) is 0 Å². The van der Waals surface area contributed by atoms with Gasteiger partial charge in [0.25, 0.3) is 0 Å². The van der Waals surface area contributed by atoms with Crippen molar-refractivity contribution >= 4 is 35.2 Å². The van der Waals surface area contributed by atoms with Crippen LogP contribution in [0.25, 0.3) is 0 Å². The summed E-state index contributed by atoms with van der Waals surface area (Å²) < 4.78 is 0. The first-order valence-electron chi connectivity index (χ1n) is 2.63. The fourth-order valence-electron chi connectivity index (χ4n) is 0.248. The molecule has 0 aliphatic carbocycles. The molecule has 0 rings (SSSR count). The summed E-state index contributed by atoms with van der Waals surface area (Å²) in [5, 5.41) is 3.51. The van der Waals surface area contributed by atoms with E-state index in [4.69, 9.17) is 24.4 Å². The molecular weight excluding hydrogens is 136 g/mol. The van der Waals surface area contributed by atoms with E-state index in [0.29, 0.717) is 11.8 Å². The minimum Gasteiger partial charge on any atom is -0.0932 e. The van der Waals surface area contributed by atoms with E-state index in [2.05, 4.69) is 13.8 Å². The molecule has 0 heterocycles. The lowest BCUT2D eigenvalue weighted by Crippen LogP contribution is -2.07. The van der Waals surface area contributed by atoms with Crippen molar-refractivity contribution < 1.29 is 0 Å². The first-order chi connectivity index (χ1) is 3.72. The zero-order valence-electron chi connectivity index (χ0n) is 5.13. The molecule has 2 unspecified atom stereocenters. The first-order valence-corrected chi connectivity index (χ1v) is 3.57. The van der Waals surface area contributed by atoms with Crippen LogP contribution >= 0.6 is 24.4 Å². The van der Waals surface area contributed by atoms with Gasteiger partial charge in [-0.05, 0) is 22.6 Å². The fraction of sp³-hybridized carbons (Fsp3) is 0.667. The summed E-state index contributed by atoms with van der Waals surface area (Å²) >= 11 is 9.45. The Balaban J connectivity index is 3.60. The van der Waals surface area contributed by atoms with Crippen LogP contribution in [0.5, 0.6) is 0 Å². The number of hydrogen-bond acceptors (Lipinski definition) is 2. The third kappa shape index (κ3) is 2.48. The Morgan fingerprint density at radius 1 is 1.00 bits per heavy atom. The second kappa shape index (κ2) is 4.10. The van der Waals surface area contributed by atoms with Gasteiger partial charge in [0.1, 0.15) is 0 Å². The maximum absolute atomic E-state index is 4.73. The minimum atomic E-state index is 0.447. The van der Waals surface area contributed by atoms with E-state index in [1.54, 1.807) is 10.7 Å². The Kier molecular flexibility index (Phi) is 4.19. The molecule has 0 nitrogen and oxygen atoms in total. The van der Waals surface area contributed by atoms with Gasteiger partial charge in [0, 0.05) is 0 Å². The third-order valence-electron chi connectivity index (χ3n) is 1.26. The molecule has 0 aliphatic heterocycles. The van der Waals surface area contributed by atoms with Crippen molar-refractivity contribution in [3.8, 4) is 0 Å². The monoisotopic (exact) mass is 146 g/mol. The maximum Gasteiger partial charge on any atom is -0.00884 e. The average Bonchev–Trinajstić information content (AvgIpc) is 1.84. The van der Waals surface area contributed by atoms with E-state index in [-0.39, 0.29) is 0 Å².